The van der Waals surface area contributed by atoms with Crippen molar-refractivity contribution in [2.45, 2.75) is 20.5 Å². The van der Waals surface area contributed by atoms with Crippen molar-refractivity contribution in [1.82, 2.24) is 10.2 Å². The van der Waals surface area contributed by atoms with E-state index in [1.54, 1.807) is 30.3 Å². The first-order chi connectivity index (χ1) is 17.3. The third kappa shape index (κ3) is 5.90. The lowest BCUT2D eigenvalue weighted by Gasteiger charge is -2.12. The number of nitrogens with zero attached hydrogens (tertiary/aromatic N) is 1. The van der Waals surface area contributed by atoms with Gasteiger partial charge in [-0.25, -0.2) is 9.69 Å². The van der Waals surface area contributed by atoms with Gasteiger partial charge >= 0.3 is 6.03 Å². The zero-order valence-electron chi connectivity index (χ0n) is 20.3. The summed E-state index contributed by atoms with van der Waals surface area (Å²) in [5.41, 5.74) is 4.52. The van der Waals surface area contributed by atoms with Crippen molar-refractivity contribution in [1.29, 1.82) is 0 Å². The Morgan fingerprint density at radius 1 is 0.972 bits per heavy atom. The maximum Gasteiger partial charge on any atom is 0.329 e. The molecule has 0 unspecified atom stereocenters. The molecule has 3 aromatic rings. The number of hydrogen-bond acceptors (Lipinski definition) is 5. The first-order valence-electron chi connectivity index (χ1n) is 11.4. The fraction of sp³-hybridized carbons (Fsp3) is 0.179. The highest BCUT2D eigenvalue weighted by molar-refractivity contribution is 6.15. The Bertz CT molecular complexity index is 1330. The maximum atomic E-state index is 12.8. The molecular formula is C28H27N3O5. The lowest BCUT2D eigenvalue weighted by Crippen LogP contribution is -2.38. The van der Waals surface area contributed by atoms with E-state index in [4.69, 9.17) is 9.47 Å². The van der Waals surface area contributed by atoms with Crippen molar-refractivity contribution < 1.29 is 23.9 Å². The number of methoxy groups -OCH3 is 1. The number of ether oxygens (including phenoxy) is 2. The second-order valence-electron chi connectivity index (χ2n) is 8.48. The van der Waals surface area contributed by atoms with E-state index in [9.17, 15) is 14.4 Å². The van der Waals surface area contributed by atoms with E-state index >= 15 is 0 Å². The average Bonchev–Trinajstić information content (AvgIpc) is 3.11. The summed E-state index contributed by atoms with van der Waals surface area (Å²) in [6.07, 6.45) is 1.53. The van der Waals surface area contributed by atoms with Crippen molar-refractivity contribution >= 4 is 29.6 Å². The number of benzene rings is 3. The van der Waals surface area contributed by atoms with Gasteiger partial charge in [0, 0.05) is 5.69 Å². The fourth-order valence-electron chi connectivity index (χ4n) is 3.72. The zero-order valence-corrected chi connectivity index (χ0v) is 20.3. The normalized spacial score (nSPS) is 14.1. The predicted octanol–water partition coefficient (Wildman–Crippen LogP) is 4.42. The van der Waals surface area contributed by atoms with Crippen molar-refractivity contribution in [3.05, 3.63) is 94.7 Å². The summed E-state index contributed by atoms with van der Waals surface area (Å²) >= 11 is 0. The quantitative estimate of drug-likeness (QED) is 0.364. The highest BCUT2D eigenvalue weighted by Gasteiger charge is 2.35. The molecule has 4 amide bonds. The Morgan fingerprint density at radius 3 is 2.47 bits per heavy atom. The number of carbonyl (C=O) groups is 3. The van der Waals surface area contributed by atoms with E-state index in [-0.39, 0.29) is 5.70 Å². The molecule has 3 aromatic carbocycles. The number of aryl methyl sites for hydroxylation is 2. The molecule has 1 aliphatic heterocycles. The van der Waals surface area contributed by atoms with Crippen LogP contribution in [0.2, 0.25) is 0 Å². The van der Waals surface area contributed by atoms with Crippen molar-refractivity contribution in [3.8, 4) is 11.5 Å². The van der Waals surface area contributed by atoms with Crippen LogP contribution in [0, 0.1) is 13.8 Å². The van der Waals surface area contributed by atoms with Crippen LogP contribution in [0.4, 0.5) is 10.5 Å². The molecule has 8 heteroatoms. The lowest BCUT2D eigenvalue weighted by molar-refractivity contribution is -0.127. The first-order valence-corrected chi connectivity index (χ1v) is 11.4. The summed E-state index contributed by atoms with van der Waals surface area (Å²) < 4.78 is 11.4. The van der Waals surface area contributed by atoms with E-state index in [1.807, 2.05) is 50.2 Å². The second kappa shape index (κ2) is 10.8. The Morgan fingerprint density at radius 2 is 1.75 bits per heavy atom. The maximum absolute atomic E-state index is 12.8. The highest BCUT2D eigenvalue weighted by atomic mass is 16.5. The highest BCUT2D eigenvalue weighted by Crippen LogP contribution is 2.30. The number of imide groups is 1. The van der Waals surface area contributed by atoms with Crippen LogP contribution in [0.3, 0.4) is 0 Å². The molecule has 2 N–H and O–H groups in total. The molecule has 0 spiro atoms. The SMILES string of the molecule is COc1cc(/C=C2/NC(=O)N(CC(=O)Nc3ccc(C)cc3)C2=O)ccc1OCc1cccc(C)c1. The summed E-state index contributed by atoms with van der Waals surface area (Å²) in [4.78, 5) is 38.4. The number of rotatable bonds is 8. The van der Waals surface area contributed by atoms with Crippen LogP contribution in [0.25, 0.3) is 6.08 Å². The minimum absolute atomic E-state index is 0.0682. The molecule has 0 atom stereocenters. The minimum Gasteiger partial charge on any atom is -0.493 e. The molecule has 0 aromatic heterocycles. The number of nitrogens with one attached hydrogen (secondary N) is 2. The van der Waals surface area contributed by atoms with Crippen molar-refractivity contribution in [2.24, 2.45) is 0 Å². The fourth-order valence-corrected chi connectivity index (χ4v) is 3.72. The molecule has 0 radical (unpaired) electrons. The van der Waals surface area contributed by atoms with Crippen LogP contribution in [0.1, 0.15) is 22.3 Å². The molecule has 1 fully saturated rings. The number of anilines is 1. The van der Waals surface area contributed by atoms with Gasteiger partial charge in [0.05, 0.1) is 7.11 Å². The predicted molar refractivity (Wildman–Crippen MR) is 137 cm³/mol. The Balaban J connectivity index is 1.42. The topological polar surface area (TPSA) is 97.0 Å². The van der Waals surface area contributed by atoms with Crippen LogP contribution < -0.4 is 20.1 Å². The van der Waals surface area contributed by atoms with Crippen molar-refractivity contribution in [2.75, 3.05) is 19.0 Å². The van der Waals surface area contributed by atoms with E-state index in [1.165, 1.54) is 13.2 Å². The minimum atomic E-state index is -0.657. The van der Waals surface area contributed by atoms with Gasteiger partial charge in [-0.3, -0.25) is 9.59 Å². The van der Waals surface area contributed by atoms with Gasteiger partial charge in [-0.05, 0) is 55.3 Å². The van der Waals surface area contributed by atoms with Gasteiger partial charge in [-0.1, -0.05) is 53.6 Å². The Kier molecular flexibility index (Phi) is 7.34. The monoisotopic (exact) mass is 485 g/mol. The van der Waals surface area contributed by atoms with Gasteiger partial charge in [-0.15, -0.1) is 0 Å². The van der Waals surface area contributed by atoms with Crippen LogP contribution in [-0.4, -0.2) is 36.4 Å². The summed E-state index contributed by atoms with van der Waals surface area (Å²) in [7, 11) is 1.53. The van der Waals surface area contributed by atoms with Gasteiger partial charge in [0.1, 0.15) is 18.8 Å². The molecule has 1 heterocycles. The molecule has 0 saturated carbocycles. The van der Waals surface area contributed by atoms with Gasteiger partial charge < -0.3 is 20.1 Å². The van der Waals surface area contributed by atoms with Gasteiger partial charge in [0.25, 0.3) is 5.91 Å². The zero-order chi connectivity index (χ0) is 25.7. The third-order valence-corrected chi connectivity index (χ3v) is 5.57. The first kappa shape index (κ1) is 24.5. The van der Waals surface area contributed by atoms with Crippen LogP contribution in [0.5, 0.6) is 11.5 Å². The smallest absolute Gasteiger partial charge is 0.329 e. The third-order valence-electron chi connectivity index (χ3n) is 5.57. The second-order valence-corrected chi connectivity index (χ2v) is 8.48. The van der Waals surface area contributed by atoms with E-state index in [0.29, 0.717) is 29.4 Å². The molecule has 0 aliphatic carbocycles. The van der Waals surface area contributed by atoms with E-state index < -0.39 is 24.4 Å². The van der Waals surface area contributed by atoms with Crippen LogP contribution in [0.15, 0.2) is 72.4 Å². The molecule has 1 saturated heterocycles. The summed E-state index contributed by atoms with van der Waals surface area (Å²) in [5.74, 6) is -0.0152. The standard InChI is InChI=1S/C28H27N3O5/c1-18-7-10-22(11-8-18)29-26(32)16-31-27(33)23(30-28(31)34)14-20-9-12-24(25(15-20)35-3)36-17-21-6-4-5-19(2)13-21/h4-15H,16-17H2,1-3H3,(H,29,32)(H,30,34)/b23-14+. The van der Waals surface area contributed by atoms with Gasteiger partial charge in [0.15, 0.2) is 11.5 Å². The van der Waals surface area contributed by atoms with Gasteiger partial charge in [-0.2, -0.15) is 0 Å². The average molecular weight is 486 g/mol. The molecule has 4 rings (SSSR count). The van der Waals surface area contributed by atoms with Crippen molar-refractivity contribution in [3.63, 3.8) is 0 Å². The Labute approximate surface area is 209 Å². The number of carbonyl (C=O) groups excluding carboxylic acids is 3. The molecule has 0 bridgehead atoms. The lowest BCUT2D eigenvalue weighted by atomic mass is 10.1. The van der Waals surface area contributed by atoms with E-state index in [2.05, 4.69) is 10.6 Å². The number of hydrogen-bond donors (Lipinski definition) is 2. The number of urea groups is 1. The van der Waals surface area contributed by atoms with Gasteiger partial charge in [0.2, 0.25) is 5.91 Å². The molecule has 8 nitrogen and oxygen atoms in total. The summed E-state index contributed by atoms with van der Waals surface area (Å²) in [6.45, 7) is 3.94. The molecule has 1 aliphatic rings. The number of amides is 4. The molecule has 184 valence electrons. The summed E-state index contributed by atoms with van der Waals surface area (Å²) in [6, 6.07) is 19.8. The van der Waals surface area contributed by atoms with Crippen LogP contribution >= 0.6 is 0 Å². The largest absolute Gasteiger partial charge is 0.493 e. The van der Waals surface area contributed by atoms with E-state index in [0.717, 1.165) is 21.6 Å². The molecule has 36 heavy (non-hydrogen) atoms. The Hall–Kier alpha value is -4.59. The molecular weight excluding hydrogens is 458 g/mol. The van der Waals surface area contributed by atoms with Crippen LogP contribution in [-0.2, 0) is 16.2 Å². The summed E-state index contributed by atoms with van der Waals surface area (Å²) in [5, 5.41) is 5.22.